The van der Waals surface area contributed by atoms with Gasteiger partial charge in [-0.15, -0.1) is 0 Å². The zero-order chi connectivity index (χ0) is 25.3. The summed E-state index contributed by atoms with van der Waals surface area (Å²) in [7, 11) is -2.38. The summed E-state index contributed by atoms with van der Waals surface area (Å²) in [6.45, 7) is 3.83. The molecule has 2 aromatic carbocycles. The van der Waals surface area contributed by atoms with Crippen molar-refractivity contribution in [2.45, 2.75) is 39.3 Å². The van der Waals surface area contributed by atoms with Crippen molar-refractivity contribution in [3.63, 3.8) is 0 Å². The molecular weight excluding hydrogens is 478 g/mol. The highest BCUT2D eigenvalue weighted by Crippen LogP contribution is 2.30. The van der Waals surface area contributed by atoms with Gasteiger partial charge in [0.25, 0.3) is 0 Å². The molecule has 0 bridgehead atoms. The van der Waals surface area contributed by atoms with Crippen molar-refractivity contribution in [1.82, 2.24) is 10.2 Å². The van der Waals surface area contributed by atoms with Crippen LogP contribution >= 0.6 is 11.6 Å². The highest BCUT2D eigenvalue weighted by Gasteiger charge is 2.30. The first-order valence-corrected chi connectivity index (χ1v) is 13.2. The molecule has 0 saturated carbocycles. The molecule has 1 N–H and O–H groups in total. The molecule has 0 unspecified atom stereocenters. The summed E-state index contributed by atoms with van der Waals surface area (Å²) in [5, 5.41) is 3.06. The summed E-state index contributed by atoms with van der Waals surface area (Å²) in [4.78, 5) is 27.6. The lowest BCUT2D eigenvalue weighted by Gasteiger charge is -2.31. The predicted molar refractivity (Wildman–Crippen MR) is 135 cm³/mol. The minimum atomic E-state index is -3.83. The predicted octanol–water partition coefficient (Wildman–Crippen LogP) is 3.45. The highest BCUT2D eigenvalue weighted by atomic mass is 35.5. The Morgan fingerprint density at radius 1 is 1.15 bits per heavy atom. The van der Waals surface area contributed by atoms with Crippen LogP contribution in [-0.4, -0.2) is 57.6 Å². The van der Waals surface area contributed by atoms with Crippen molar-refractivity contribution >= 4 is 39.1 Å². The molecule has 0 fully saturated rings. The molecule has 0 saturated heterocycles. The van der Waals surface area contributed by atoms with Gasteiger partial charge in [-0.2, -0.15) is 0 Å². The number of hydrogen-bond acceptors (Lipinski definition) is 5. The van der Waals surface area contributed by atoms with Crippen LogP contribution in [0.4, 0.5) is 5.69 Å². The van der Waals surface area contributed by atoms with Crippen LogP contribution in [0.1, 0.15) is 32.3 Å². The average Bonchev–Trinajstić information content (AvgIpc) is 2.80. The van der Waals surface area contributed by atoms with Gasteiger partial charge in [-0.05, 0) is 37.1 Å². The van der Waals surface area contributed by atoms with Crippen LogP contribution < -0.4 is 14.4 Å². The second-order valence-corrected chi connectivity index (χ2v) is 10.2. The van der Waals surface area contributed by atoms with E-state index in [0.717, 1.165) is 29.0 Å². The van der Waals surface area contributed by atoms with Gasteiger partial charge in [-0.25, -0.2) is 8.42 Å². The summed E-state index contributed by atoms with van der Waals surface area (Å²) in [5.74, 6) is -0.427. The van der Waals surface area contributed by atoms with Crippen molar-refractivity contribution in [1.29, 1.82) is 0 Å². The standard InChI is InChI=1S/C24H32ClN3O5S/c1-5-6-14-26-24(30)18(2)27(16-19-10-8-7-9-11-19)23(29)17-28(34(4,31)32)20-12-13-22(33-3)21(25)15-20/h7-13,15,18H,5-6,14,16-17H2,1-4H3,(H,26,30)/t18-/m0/s1. The number of anilines is 1. The maximum atomic E-state index is 13.4. The summed E-state index contributed by atoms with van der Waals surface area (Å²) in [6, 6.07) is 12.9. The van der Waals surface area contributed by atoms with Gasteiger partial charge < -0.3 is 15.0 Å². The van der Waals surface area contributed by atoms with Gasteiger partial charge in [0.15, 0.2) is 0 Å². The highest BCUT2D eigenvalue weighted by molar-refractivity contribution is 7.92. The zero-order valence-corrected chi connectivity index (χ0v) is 21.5. The number of amides is 2. The number of rotatable bonds is 12. The van der Waals surface area contributed by atoms with Crippen LogP contribution in [-0.2, 0) is 26.2 Å². The fourth-order valence-electron chi connectivity index (χ4n) is 3.32. The van der Waals surface area contributed by atoms with Crippen LogP contribution in [0.3, 0.4) is 0 Å². The molecule has 2 aromatic rings. The van der Waals surface area contributed by atoms with E-state index in [9.17, 15) is 18.0 Å². The molecule has 0 heterocycles. The Hall–Kier alpha value is -2.78. The number of nitrogens with zero attached hydrogens (tertiary/aromatic N) is 2. The second-order valence-electron chi connectivity index (χ2n) is 7.92. The minimum Gasteiger partial charge on any atom is -0.495 e. The monoisotopic (exact) mass is 509 g/mol. The number of sulfonamides is 1. The maximum absolute atomic E-state index is 13.4. The number of ether oxygens (including phenoxy) is 1. The molecule has 0 aliphatic heterocycles. The molecule has 2 rings (SSSR count). The maximum Gasteiger partial charge on any atom is 0.244 e. The van der Waals surface area contributed by atoms with Gasteiger partial charge in [0.05, 0.1) is 24.1 Å². The number of nitrogens with one attached hydrogen (secondary N) is 1. The number of carbonyl (C=O) groups excluding carboxylic acids is 2. The molecule has 0 aliphatic carbocycles. The number of benzene rings is 2. The van der Waals surface area contributed by atoms with Gasteiger partial charge in [-0.1, -0.05) is 55.3 Å². The van der Waals surface area contributed by atoms with Crippen LogP contribution in [0.25, 0.3) is 0 Å². The number of carbonyl (C=O) groups is 2. The van der Waals surface area contributed by atoms with E-state index in [2.05, 4.69) is 5.32 Å². The van der Waals surface area contributed by atoms with E-state index in [-0.39, 0.29) is 23.2 Å². The van der Waals surface area contributed by atoms with Gasteiger partial charge in [-0.3, -0.25) is 13.9 Å². The Balaban J connectivity index is 2.35. The first kappa shape index (κ1) is 27.5. The van der Waals surface area contributed by atoms with Crippen molar-refractivity contribution in [3.8, 4) is 5.75 Å². The van der Waals surface area contributed by atoms with Gasteiger partial charge >= 0.3 is 0 Å². The third kappa shape index (κ3) is 7.63. The van der Waals surface area contributed by atoms with Gasteiger partial charge in [0.2, 0.25) is 21.8 Å². The van der Waals surface area contributed by atoms with E-state index in [0.29, 0.717) is 12.3 Å². The molecule has 1 atom stereocenters. The van der Waals surface area contributed by atoms with E-state index in [1.54, 1.807) is 6.92 Å². The molecule has 10 heteroatoms. The van der Waals surface area contributed by atoms with Crippen molar-refractivity contribution < 1.29 is 22.7 Å². The van der Waals surface area contributed by atoms with Crippen LogP contribution in [0.2, 0.25) is 5.02 Å². The van der Waals surface area contributed by atoms with Crippen molar-refractivity contribution in [3.05, 3.63) is 59.1 Å². The largest absolute Gasteiger partial charge is 0.495 e. The topological polar surface area (TPSA) is 96.0 Å². The molecule has 0 aliphatic rings. The Labute approximate surface area is 206 Å². The fourth-order valence-corrected chi connectivity index (χ4v) is 4.42. The summed E-state index contributed by atoms with van der Waals surface area (Å²) < 4.78 is 31.3. The summed E-state index contributed by atoms with van der Waals surface area (Å²) in [5.41, 5.74) is 1.05. The fraction of sp³-hybridized carbons (Fsp3) is 0.417. The smallest absolute Gasteiger partial charge is 0.244 e. The number of methoxy groups -OCH3 is 1. The van der Waals surface area contributed by atoms with E-state index in [4.69, 9.17) is 16.3 Å². The third-order valence-corrected chi connectivity index (χ3v) is 6.73. The Bertz CT molecular complexity index is 1080. The van der Waals surface area contributed by atoms with E-state index in [1.165, 1.54) is 30.2 Å². The van der Waals surface area contributed by atoms with E-state index in [1.807, 2.05) is 37.3 Å². The van der Waals surface area contributed by atoms with E-state index >= 15 is 0 Å². The molecular formula is C24H32ClN3O5S. The molecule has 0 spiro atoms. The van der Waals surface area contributed by atoms with Crippen molar-refractivity contribution in [2.24, 2.45) is 0 Å². The van der Waals surface area contributed by atoms with Crippen LogP contribution in [0.15, 0.2) is 48.5 Å². The molecule has 186 valence electrons. The van der Waals surface area contributed by atoms with Crippen LogP contribution in [0.5, 0.6) is 5.75 Å². The average molecular weight is 510 g/mol. The first-order valence-electron chi connectivity index (χ1n) is 11.0. The quantitative estimate of drug-likeness (QED) is 0.442. The normalized spacial score (nSPS) is 12.0. The van der Waals surface area contributed by atoms with Crippen molar-refractivity contribution in [2.75, 3.05) is 30.8 Å². The van der Waals surface area contributed by atoms with E-state index < -0.39 is 28.5 Å². The lowest BCUT2D eigenvalue weighted by atomic mass is 10.1. The Morgan fingerprint density at radius 2 is 1.82 bits per heavy atom. The van der Waals surface area contributed by atoms with Crippen LogP contribution in [0, 0.1) is 0 Å². The minimum absolute atomic E-state index is 0.156. The lowest BCUT2D eigenvalue weighted by Crippen LogP contribution is -2.51. The number of hydrogen-bond donors (Lipinski definition) is 1. The third-order valence-electron chi connectivity index (χ3n) is 5.30. The first-order chi connectivity index (χ1) is 16.1. The molecule has 8 nitrogen and oxygen atoms in total. The Morgan fingerprint density at radius 3 is 2.38 bits per heavy atom. The second kappa shape index (κ2) is 12.6. The van der Waals surface area contributed by atoms with Gasteiger partial charge in [0.1, 0.15) is 18.3 Å². The summed E-state index contributed by atoms with van der Waals surface area (Å²) in [6.07, 6.45) is 2.76. The molecule has 0 aromatic heterocycles. The zero-order valence-electron chi connectivity index (χ0n) is 20.0. The SMILES string of the molecule is CCCCNC(=O)[C@H](C)N(Cc1ccccc1)C(=O)CN(c1ccc(OC)c(Cl)c1)S(C)(=O)=O. The molecule has 34 heavy (non-hydrogen) atoms. The molecule has 2 amide bonds. The summed E-state index contributed by atoms with van der Waals surface area (Å²) >= 11 is 6.19. The molecule has 0 radical (unpaired) electrons. The lowest BCUT2D eigenvalue weighted by molar-refractivity contribution is -0.139. The number of unbranched alkanes of at least 4 members (excludes halogenated alkanes) is 1. The Kier molecular flexibility index (Phi) is 10.2. The number of halogens is 1. The van der Waals surface area contributed by atoms with Gasteiger partial charge in [0, 0.05) is 13.1 Å².